The monoisotopic (exact) mass is 715 g/mol. The molecule has 0 saturated carbocycles. The molecule has 0 atom stereocenters. The van der Waals surface area contributed by atoms with E-state index in [2.05, 4.69) is 185 Å². The Morgan fingerprint density at radius 3 is 1.52 bits per heavy atom. The minimum Gasteiger partial charge on any atom is -0.309 e. The Bertz CT molecular complexity index is 3220. The molecule has 0 unspecified atom stereocenters. The predicted octanol–water partition coefficient (Wildman–Crippen LogP) is 12.7. The highest BCUT2D eigenvalue weighted by molar-refractivity contribution is 6.26. The second-order valence-electron chi connectivity index (χ2n) is 14.1. The molecule has 0 spiro atoms. The molecule has 0 saturated heterocycles. The lowest BCUT2D eigenvalue weighted by Gasteiger charge is -2.12. The van der Waals surface area contributed by atoms with Gasteiger partial charge in [0, 0.05) is 38.4 Å². The molecule has 3 aromatic heterocycles. The fraction of sp³-hybridized carbons (Fsp3) is 0. The summed E-state index contributed by atoms with van der Waals surface area (Å²) in [7, 11) is 0. The summed E-state index contributed by atoms with van der Waals surface area (Å²) in [5, 5.41) is 4.69. The van der Waals surface area contributed by atoms with Crippen LogP contribution in [0.4, 0.5) is 0 Å². The summed E-state index contributed by atoms with van der Waals surface area (Å²) >= 11 is 0. The van der Waals surface area contributed by atoms with Gasteiger partial charge in [-0.25, -0.2) is 4.98 Å². The number of aromatic nitrogens is 5. The zero-order valence-corrected chi connectivity index (χ0v) is 30.3. The van der Waals surface area contributed by atoms with E-state index in [0.717, 1.165) is 60.8 Å². The van der Waals surface area contributed by atoms with Crippen molar-refractivity contribution in [1.82, 2.24) is 24.1 Å². The number of hydrogen-bond donors (Lipinski definition) is 0. The number of para-hydroxylation sites is 2. The molecule has 5 nitrogen and oxygen atoms in total. The highest BCUT2D eigenvalue weighted by atomic mass is 15.2. The Morgan fingerprint density at radius 2 is 0.821 bits per heavy atom. The number of rotatable bonds is 6. The normalized spacial score (nSPS) is 11.6. The van der Waals surface area contributed by atoms with Crippen LogP contribution in [0.25, 0.3) is 100 Å². The van der Waals surface area contributed by atoms with E-state index < -0.39 is 0 Å². The first kappa shape index (κ1) is 31.9. The van der Waals surface area contributed by atoms with Crippen LogP contribution in [0.5, 0.6) is 0 Å². The van der Waals surface area contributed by atoms with Gasteiger partial charge in [0.2, 0.25) is 5.95 Å². The summed E-state index contributed by atoms with van der Waals surface area (Å²) in [6.45, 7) is 0. The summed E-state index contributed by atoms with van der Waals surface area (Å²) in [4.78, 5) is 15.6. The zero-order chi connectivity index (χ0) is 37.0. The van der Waals surface area contributed by atoms with Crippen LogP contribution in [0.15, 0.2) is 200 Å². The van der Waals surface area contributed by atoms with E-state index in [1.165, 1.54) is 21.9 Å². The lowest BCUT2D eigenvalue weighted by Crippen LogP contribution is -2.06. The van der Waals surface area contributed by atoms with Crippen molar-refractivity contribution in [1.29, 1.82) is 0 Å². The Labute approximate surface area is 323 Å². The Morgan fingerprint density at radius 1 is 0.304 bits per heavy atom. The molecular weight excluding hydrogens is 683 g/mol. The van der Waals surface area contributed by atoms with E-state index in [1.807, 2.05) is 24.3 Å². The van der Waals surface area contributed by atoms with Crippen LogP contribution in [0.3, 0.4) is 0 Å². The van der Waals surface area contributed by atoms with Gasteiger partial charge in [-0.15, -0.1) is 0 Å². The molecular formula is C51H33N5. The van der Waals surface area contributed by atoms with E-state index in [-0.39, 0.29) is 0 Å². The smallest absolute Gasteiger partial charge is 0.238 e. The molecule has 0 amide bonds. The van der Waals surface area contributed by atoms with Gasteiger partial charge in [-0.05, 0) is 58.7 Å². The number of hydrogen-bond acceptors (Lipinski definition) is 3. The second kappa shape index (κ2) is 13.0. The quantitative estimate of drug-likeness (QED) is 0.172. The second-order valence-corrected chi connectivity index (χ2v) is 14.1. The van der Waals surface area contributed by atoms with Crippen molar-refractivity contribution in [3.63, 3.8) is 0 Å². The standard InChI is InChI=1S/C51H33N5/c1-4-15-34(16-5-1)36-27-29-40(30-28-36)55-44-25-12-10-23-41(44)42-31-32-46-47(48(42)55)43-24-11-13-26-45(43)56(46)51-53-49(37-19-8-3-9-20-37)52-50(54-51)39-22-14-21-38(33-39)35-17-6-2-7-18-35/h1-33H. The van der Waals surface area contributed by atoms with Gasteiger partial charge in [0.1, 0.15) is 0 Å². The molecule has 56 heavy (non-hydrogen) atoms. The topological polar surface area (TPSA) is 48.5 Å². The summed E-state index contributed by atoms with van der Waals surface area (Å²) < 4.78 is 4.63. The first-order valence-electron chi connectivity index (χ1n) is 18.9. The van der Waals surface area contributed by atoms with Crippen LogP contribution in [-0.4, -0.2) is 24.1 Å². The maximum Gasteiger partial charge on any atom is 0.238 e. The van der Waals surface area contributed by atoms with E-state index in [9.17, 15) is 0 Å². The molecule has 0 radical (unpaired) electrons. The molecule has 8 aromatic carbocycles. The molecule has 11 aromatic rings. The van der Waals surface area contributed by atoms with Crippen molar-refractivity contribution in [3.05, 3.63) is 200 Å². The summed E-state index contributed by atoms with van der Waals surface area (Å²) in [5.74, 6) is 1.81. The van der Waals surface area contributed by atoms with Crippen LogP contribution in [0.2, 0.25) is 0 Å². The van der Waals surface area contributed by atoms with Gasteiger partial charge < -0.3 is 4.57 Å². The molecule has 0 bridgehead atoms. The molecule has 0 aliphatic rings. The van der Waals surface area contributed by atoms with Gasteiger partial charge in [-0.2, -0.15) is 9.97 Å². The first-order chi connectivity index (χ1) is 27.8. The summed E-state index contributed by atoms with van der Waals surface area (Å²) in [6, 6.07) is 70.3. The van der Waals surface area contributed by atoms with Gasteiger partial charge in [0.15, 0.2) is 11.6 Å². The average Bonchev–Trinajstić information content (AvgIpc) is 3.80. The van der Waals surface area contributed by atoms with Crippen LogP contribution in [0, 0.1) is 0 Å². The minimum absolute atomic E-state index is 0.569. The molecule has 11 rings (SSSR count). The maximum absolute atomic E-state index is 5.28. The Kier molecular flexibility index (Phi) is 7.42. The minimum atomic E-state index is 0.569. The van der Waals surface area contributed by atoms with E-state index in [1.54, 1.807) is 0 Å². The Balaban J connectivity index is 1.18. The van der Waals surface area contributed by atoms with Gasteiger partial charge in [-0.3, -0.25) is 4.57 Å². The molecule has 262 valence electrons. The SMILES string of the molecule is c1ccc(-c2ccc(-n3c4ccccc4c4ccc5c(c6ccccc6n5-c5nc(-c6ccccc6)nc(-c6cccc(-c7ccccc7)c6)n5)c43)cc2)cc1. The van der Waals surface area contributed by atoms with Crippen LogP contribution < -0.4 is 0 Å². The van der Waals surface area contributed by atoms with Crippen molar-refractivity contribution in [3.8, 4) is 56.7 Å². The molecule has 0 aliphatic heterocycles. The first-order valence-corrected chi connectivity index (χ1v) is 18.9. The van der Waals surface area contributed by atoms with Gasteiger partial charge >= 0.3 is 0 Å². The van der Waals surface area contributed by atoms with E-state index >= 15 is 0 Å². The summed E-state index contributed by atoms with van der Waals surface area (Å²) in [6.07, 6.45) is 0. The molecule has 3 heterocycles. The highest BCUT2D eigenvalue weighted by Gasteiger charge is 2.23. The molecule has 0 aliphatic carbocycles. The molecule has 0 N–H and O–H groups in total. The zero-order valence-electron chi connectivity index (χ0n) is 30.3. The van der Waals surface area contributed by atoms with Crippen molar-refractivity contribution < 1.29 is 0 Å². The Hall–Kier alpha value is -7.63. The van der Waals surface area contributed by atoms with Gasteiger partial charge in [0.05, 0.1) is 22.1 Å². The van der Waals surface area contributed by atoms with Crippen LogP contribution in [0.1, 0.15) is 0 Å². The maximum atomic E-state index is 5.28. The summed E-state index contributed by atoms with van der Waals surface area (Å²) in [5.41, 5.74) is 12.0. The number of benzene rings is 8. The average molecular weight is 716 g/mol. The number of fused-ring (bicyclic) bond motifs is 7. The largest absolute Gasteiger partial charge is 0.309 e. The van der Waals surface area contributed by atoms with Crippen molar-refractivity contribution >= 4 is 43.6 Å². The molecule has 0 fully saturated rings. The fourth-order valence-electron chi connectivity index (χ4n) is 8.20. The number of nitrogens with zero attached hydrogens (tertiary/aromatic N) is 5. The third-order valence-electron chi connectivity index (χ3n) is 10.8. The lowest BCUT2D eigenvalue weighted by molar-refractivity contribution is 0.953. The predicted molar refractivity (Wildman–Crippen MR) is 230 cm³/mol. The fourth-order valence-corrected chi connectivity index (χ4v) is 8.20. The lowest BCUT2D eigenvalue weighted by atomic mass is 10.0. The van der Waals surface area contributed by atoms with E-state index in [4.69, 9.17) is 15.0 Å². The third kappa shape index (κ3) is 5.21. The highest BCUT2D eigenvalue weighted by Crippen LogP contribution is 2.42. The van der Waals surface area contributed by atoms with Crippen LogP contribution >= 0.6 is 0 Å². The van der Waals surface area contributed by atoms with Crippen molar-refractivity contribution in [2.75, 3.05) is 0 Å². The molecule has 5 heteroatoms. The van der Waals surface area contributed by atoms with Crippen molar-refractivity contribution in [2.24, 2.45) is 0 Å². The van der Waals surface area contributed by atoms with Crippen molar-refractivity contribution in [2.45, 2.75) is 0 Å². The van der Waals surface area contributed by atoms with E-state index in [0.29, 0.717) is 17.6 Å². The van der Waals surface area contributed by atoms with Gasteiger partial charge in [-0.1, -0.05) is 164 Å². The third-order valence-corrected chi connectivity index (χ3v) is 10.8. The van der Waals surface area contributed by atoms with Crippen LogP contribution in [-0.2, 0) is 0 Å². The van der Waals surface area contributed by atoms with Gasteiger partial charge in [0.25, 0.3) is 0 Å².